The van der Waals surface area contributed by atoms with E-state index in [1.54, 1.807) is 18.2 Å². The van der Waals surface area contributed by atoms with Crippen LogP contribution in [-0.4, -0.2) is 19.1 Å². The Bertz CT molecular complexity index is 343. The molecule has 3 nitrogen and oxygen atoms in total. The van der Waals surface area contributed by atoms with Crippen LogP contribution in [0.3, 0.4) is 0 Å². The van der Waals surface area contributed by atoms with Crippen molar-refractivity contribution in [3.8, 4) is 5.75 Å². The molecular formula is C11H16F2N2O. The van der Waals surface area contributed by atoms with Crippen LogP contribution in [0.2, 0.25) is 0 Å². The molecule has 3 N–H and O–H groups in total. The summed E-state index contributed by atoms with van der Waals surface area (Å²) in [5.41, 5.74) is 6.76. The molecule has 0 saturated carbocycles. The molecule has 0 aromatic heterocycles. The van der Waals surface area contributed by atoms with Gasteiger partial charge in [-0.15, -0.1) is 0 Å². The van der Waals surface area contributed by atoms with Gasteiger partial charge in [-0.1, -0.05) is 0 Å². The molecule has 0 aliphatic carbocycles. The summed E-state index contributed by atoms with van der Waals surface area (Å²) in [6, 6.07) is 4.90. The first-order chi connectivity index (χ1) is 7.49. The van der Waals surface area contributed by atoms with Gasteiger partial charge in [0, 0.05) is 11.8 Å². The number of nitrogens with two attached hydrogens (primary N) is 1. The lowest BCUT2D eigenvalue weighted by Crippen LogP contribution is -2.11. The van der Waals surface area contributed by atoms with E-state index in [9.17, 15) is 8.78 Å². The quantitative estimate of drug-likeness (QED) is 0.764. The summed E-state index contributed by atoms with van der Waals surface area (Å²) in [5, 5.41) is 2.60. The lowest BCUT2D eigenvalue weighted by molar-refractivity contribution is 0.163. The summed E-state index contributed by atoms with van der Waals surface area (Å²) in [6.07, 6.45) is -2.39. The van der Waals surface area contributed by atoms with Crippen molar-refractivity contribution in [3.05, 3.63) is 18.2 Å². The summed E-state index contributed by atoms with van der Waals surface area (Å²) in [5.74, 6) is 0.509. The molecule has 0 aliphatic rings. The molecule has 0 atom stereocenters. The Labute approximate surface area is 93.6 Å². The van der Waals surface area contributed by atoms with E-state index in [1.165, 1.54) is 0 Å². The van der Waals surface area contributed by atoms with Crippen LogP contribution in [0.25, 0.3) is 0 Å². The van der Waals surface area contributed by atoms with Crippen molar-refractivity contribution in [3.63, 3.8) is 0 Å². The molecule has 16 heavy (non-hydrogen) atoms. The summed E-state index contributed by atoms with van der Waals surface area (Å²) in [7, 11) is 0. The predicted molar refractivity (Wildman–Crippen MR) is 61.1 cm³/mol. The van der Waals surface area contributed by atoms with E-state index in [1.807, 2.05) is 13.8 Å². The number of hydrogen-bond acceptors (Lipinski definition) is 3. The van der Waals surface area contributed by atoms with Crippen LogP contribution < -0.4 is 15.8 Å². The number of rotatable bonds is 5. The Hall–Kier alpha value is -1.52. The zero-order valence-corrected chi connectivity index (χ0v) is 9.34. The van der Waals surface area contributed by atoms with E-state index >= 15 is 0 Å². The highest BCUT2D eigenvalue weighted by Crippen LogP contribution is 2.26. The number of anilines is 2. The molecule has 90 valence electrons. The summed E-state index contributed by atoms with van der Waals surface area (Å²) in [6.45, 7) is 3.36. The van der Waals surface area contributed by atoms with Gasteiger partial charge in [-0.3, -0.25) is 0 Å². The van der Waals surface area contributed by atoms with Gasteiger partial charge in [0.25, 0.3) is 6.43 Å². The van der Waals surface area contributed by atoms with E-state index in [-0.39, 0.29) is 12.6 Å². The number of hydrogen-bond donors (Lipinski definition) is 2. The molecule has 0 unspecified atom stereocenters. The molecule has 0 radical (unpaired) electrons. The van der Waals surface area contributed by atoms with Crippen molar-refractivity contribution in [1.82, 2.24) is 0 Å². The van der Waals surface area contributed by atoms with Gasteiger partial charge in [0.2, 0.25) is 0 Å². The largest absolute Gasteiger partial charge is 0.489 e. The Morgan fingerprint density at radius 3 is 2.62 bits per heavy atom. The first-order valence-corrected chi connectivity index (χ1v) is 5.07. The molecule has 1 aromatic rings. The monoisotopic (exact) mass is 230 g/mol. The van der Waals surface area contributed by atoms with Gasteiger partial charge >= 0.3 is 0 Å². The fourth-order valence-electron chi connectivity index (χ4n) is 1.20. The van der Waals surface area contributed by atoms with Crippen LogP contribution >= 0.6 is 0 Å². The third-order valence-corrected chi connectivity index (χ3v) is 1.84. The van der Waals surface area contributed by atoms with Gasteiger partial charge in [-0.2, -0.15) is 0 Å². The van der Waals surface area contributed by atoms with E-state index < -0.39 is 6.43 Å². The minimum absolute atomic E-state index is 0.00681. The van der Waals surface area contributed by atoms with Crippen LogP contribution in [0.1, 0.15) is 13.8 Å². The number of halogens is 2. The molecule has 0 saturated heterocycles. The Kier molecular flexibility index (Phi) is 4.34. The highest BCUT2D eigenvalue weighted by Gasteiger charge is 2.06. The van der Waals surface area contributed by atoms with Crippen molar-refractivity contribution in [2.45, 2.75) is 26.4 Å². The van der Waals surface area contributed by atoms with Gasteiger partial charge in [0.05, 0.1) is 18.3 Å². The van der Waals surface area contributed by atoms with Gasteiger partial charge < -0.3 is 15.8 Å². The van der Waals surface area contributed by atoms with Gasteiger partial charge in [0.15, 0.2) is 0 Å². The maximum atomic E-state index is 12.0. The first-order valence-electron chi connectivity index (χ1n) is 5.07. The van der Waals surface area contributed by atoms with E-state index in [2.05, 4.69) is 5.32 Å². The fourth-order valence-corrected chi connectivity index (χ4v) is 1.20. The minimum Gasteiger partial charge on any atom is -0.489 e. The SMILES string of the molecule is CC(C)Oc1cc(NCC(F)F)ccc1N. The molecule has 0 spiro atoms. The van der Waals surface area contributed by atoms with Gasteiger partial charge in [-0.05, 0) is 26.0 Å². The molecule has 0 heterocycles. The molecule has 5 heteroatoms. The van der Waals surface area contributed by atoms with Crippen molar-refractivity contribution in [1.29, 1.82) is 0 Å². The second-order valence-electron chi connectivity index (χ2n) is 3.69. The molecule has 0 aliphatic heterocycles. The highest BCUT2D eigenvalue weighted by atomic mass is 19.3. The predicted octanol–water partition coefficient (Wildman–Crippen LogP) is 2.73. The maximum Gasteiger partial charge on any atom is 0.255 e. The zero-order chi connectivity index (χ0) is 12.1. The second kappa shape index (κ2) is 5.53. The number of alkyl halides is 2. The Morgan fingerprint density at radius 1 is 1.38 bits per heavy atom. The molecular weight excluding hydrogens is 214 g/mol. The molecule has 0 amide bonds. The summed E-state index contributed by atoms with van der Waals surface area (Å²) < 4.78 is 29.4. The van der Waals surface area contributed by atoms with Crippen LogP contribution in [0.4, 0.5) is 20.2 Å². The summed E-state index contributed by atoms with van der Waals surface area (Å²) in [4.78, 5) is 0. The van der Waals surface area contributed by atoms with E-state index in [0.29, 0.717) is 17.1 Å². The summed E-state index contributed by atoms with van der Waals surface area (Å²) >= 11 is 0. The fraction of sp³-hybridized carbons (Fsp3) is 0.455. The minimum atomic E-state index is -2.38. The van der Waals surface area contributed by atoms with Crippen molar-refractivity contribution in [2.24, 2.45) is 0 Å². The topological polar surface area (TPSA) is 47.3 Å². The lowest BCUT2D eigenvalue weighted by Gasteiger charge is -2.14. The molecule has 0 bridgehead atoms. The zero-order valence-electron chi connectivity index (χ0n) is 9.34. The highest BCUT2D eigenvalue weighted by molar-refractivity contribution is 5.61. The first kappa shape index (κ1) is 12.5. The van der Waals surface area contributed by atoms with E-state index in [0.717, 1.165) is 0 Å². The normalized spacial score (nSPS) is 10.9. The number of ether oxygens (including phenoxy) is 1. The number of benzene rings is 1. The van der Waals surface area contributed by atoms with E-state index in [4.69, 9.17) is 10.5 Å². The molecule has 0 fully saturated rings. The number of nitrogens with one attached hydrogen (secondary N) is 1. The molecule has 1 aromatic carbocycles. The van der Waals surface area contributed by atoms with Crippen LogP contribution in [0.5, 0.6) is 5.75 Å². The third-order valence-electron chi connectivity index (χ3n) is 1.84. The number of nitrogen functional groups attached to an aromatic ring is 1. The van der Waals surface area contributed by atoms with Gasteiger partial charge in [-0.25, -0.2) is 8.78 Å². The molecule has 1 rings (SSSR count). The van der Waals surface area contributed by atoms with Crippen LogP contribution in [0, 0.1) is 0 Å². The van der Waals surface area contributed by atoms with Crippen LogP contribution in [0.15, 0.2) is 18.2 Å². The smallest absolute Gasteiger partial charge is 0.255 e. The van der Waals surface area contributed by atoms with Gasteiger partial charge in [0.1, 0.15) is 5.75 Å². The third kappa shape index (κ3) is 3.92. The Morgan fingerprint density at radius 2 is 2.06 bits per heavy atom. The van der Waals surface area contributed by atoms with Crippen molar-refractivity contribution in [2.75, 3.05) is 17.6 Å². The standard InChI is InChI=1S/C11H16F2N2O/c1-7(2)16-10-5-8(3-4-9(10)14)15-6-11(12)13/h3-5,7,11,15H,6,14H2,1-2H3. The second-order valence-corrected chi connectivity index (χ2v) is 3.69. The van der Waals surface area contributed by atoms with Crippen molar-refractivity contribution >= 4 is 11.4 Å². The lowest BCUT2D eigenvalue weighted by atomic mass is 10.2. The average molecular weight is 230 g/mol. The van der Waals surface area contributed by atoms with Crippen LogP contribution in [-0.2, 0) is 0 Å². The maximum absolute atomic E-state index is 12.0. The van der Waals surface area contributed by atoms with Crippen molar-refractivity contribution < 1.29 is 13.5 Å². The average Bonchev–Trinajstić information content (AvgIpc) is 2.18. The Balaban J connectivity index is 2.73.